The number of alkyl halides is 3. The van der Waals surface area contributed by atoms with Gasteiger partial charge in [0.15, 0.2) is 12.3 Å². The molecule has 0 unspecified atom stereocenters. The van der Waals surface area contributed by atoms with Crippen LogP contribution in [0.5, 0.6) is 0 Å². The van der Waals surface area contributed by atoms with Crippen molar-refractivity contribution in [2.75, 3.05) is 0 Å². The highest BCUT2D eigenvalue weighted by molar-refractivity contribution is 7.92. The lowest BCUT2D eigenvalue weighted by Gasteiger charge is -2.10. The number of rotatable bonds is 3. The summed E-state index contributed by atoms with van der Waals surface area (Å²) >= 11 is 5.60. The van der Waals surface area contributed by atoms with Crippen molar-refractivity contribution in [3.8, 4) is 0 Å². The number of aromatic nitrogens is 4. The number of halogens is 5. The van der Waals surface area contributed by atoms with Crippen LogP contribution in [-0.2, 0) is 12.6 Å². The van der Waals surface area contributed by atoms with Crippen LogP contribution >= 0.6 is 23.9 Å². The smallest absolute Gasteiger partial charge is 0.252 e. The van der Waals surface area contributed by atoms with E-state index in [-0.39, 0.29) is 18.8 Å². The Hall–Kier alpha value is -1.87. The summed E-state index contributed by atoms with van der Waals surface area (Å²) in [4.78, 5) is 4.26. The molecule has 25 heavy (non-hydrogen) atoms. The third-order valence-electron chi connectivity index (χ3n) is 3.09. The summed E-state index contributed by atoms with van der Waals surface area (Å²) < 4.78 is 51.7. The van der Waals surface area contributed by atoms with Gasteiger partial charge in [-0.1, -0.05) is 36.7 Å². The summed E-state index contributed by atoms with van der Waals surface area (Å²) in [5.74, 6) is 0. The Labute approximate surface area is 150 Å². The summed E-state index contributed by atoms with van der Waals surface area (Å²) in [6, 6.07) is 5.25. The first-order valence-corrected chi connectivity index (χ1v) is 8.28. The molecule has 134 valence electrons. The maximum absolute atomic E-state index is 12.8. The fraction of sp³-hybridized carbons (Fsp3) is 0.267. The van der Waals surface area contributed by atoms with E-state index in [4.69, 9.17) is 11.6 Å². The quantitative estimate of drug-likeness (QED) is 0.552. The van der Waals surface area contributed by atoms with Crippen LogP contribution in [0, 0.1) is 0 Å². The van der Waals surface area contributed by atoms with E-state index >= 15 is 0 Å². The Kier molecular flexibility index (Phi) is 6.23. The van der Waals surface area contributed by atoms with Crippen molar-refractivity contribution in [3.63, 3.8) is 0 Å². The van der Waals surface area contributed by atoms with E-state index in [2.05, 4.69) is 15.3 Å². The molecule has 0 bridgehead atoms. The van der Waals surface area contributed by atoms with Gasteiger partial charge in [0.1, 0.15) is 0 Å². The molecule has 0 saturated heterocycles. The van der Waals surface area contributed by atoms with Crippen LogP contribution in [0.4, 0.5) is 17.1 Å². The van der Waals surface area contributed by atoms with Gasteiger partial charge in [-0.3, -0.25) is 4.98 Å². The van der Waals surface area contributed by atoms with Crippen LogP contribution in [0.1, 0.15) is 30.8 Å². The first kappa shape index (κ1) is 19.5. The van der Waals surface area contributed by atoms with Gasteiger partial charge in [-0.05, 0) is 18.2 Å². The van der Waals surface area contributed by atoms with Crippen LogP contribution in [-0.4, -0.2) is 19.4 Å². The number of benzene rings is 1. The minimum absolute atomic E-state index is 0.0928. The Morgan fingerprint density at radius 2 is 1.88 bits per heavy atom. The van der Waals surface area contributed by atoms with E-state index < -0.39 is 16.8 Å². The Morgan fingerprint density at radius 1 is 1.16 bits per heavy atom. The number of hydrogen-bond acceptors (Lipinski definition) is 4. The van der Waals surface area contributed by atoms with Gasteiger partial charge in [-0.15, -0.1) is 8.98 Å². The summed E-state index contributed by atoms with van der Waals surface area (Å²) in [7, 11) is 0. The molecular weight excluding hydrogens is 380 g/mol. The lowest BCUT2D eigenvalue weighted by atomic mass is 10.1. The maximum Gasteiger partial charge on any atom is 0.417 e. The molecule has 0 amide bonds. The number of fused-ring (bicyclic) bond motifs is 1. The highest BCUT2D eigenvalue weighted by Gasteiger charge is 2.33. The fourth-order valence-corrected chi connectivity index (χ4v) is 2.58. The normalized spacial score (nSPS) is 11.3. The summed E-state index contributed by atoms with van der Waals surface area (Å²) in [5, 5.41) is 7.21. The molecule has 0 aliphatic heterocycles. The SMILES string of the molecule is CC.FSn1cc(Cc2ccc3cc(C(F)(F)F)c(Cl)cc3n2)nn1. The van der Waals surface area contributed by atoms with E-state index in [0.717, 1.165) is 10.2 Å². The van der Waals surface area contributed by atoms with Crippen molar-refractivity contribution in [1.29, 1.82) is 0 Å². The number of hydrogen-bond donors (Lipinski definition) is 0. The molecule has 3 aromatic rings. The van der Waals surface area contributed by atoms with Crippen LogP contribution in [0.2, 0.25) is 5.02 Å². The van der Waals surface area contributed by atoms with Crippen molar-refractivity contribution in [2.45, 2.75) is 26.4 Å². The number of pyridine rings is 1. The van der Waals surface area contributed by atoms with Gasteiger partial charge in [0, 0.05) is 17.5 Å². The summed E-state index contributed by atoms with van der Waals surface area (Å²) in [6.45, 7) is 4.00. The number of nitrogens with zero attached hydrogens (tertiary/aromatic N) is 4. The molecule has 0 spiro atoms. The highest BCUT2D eigenvalue weighted by atomic mass is 35.5. The second-order valence-corrected chi connectivity index (χ2v) is 5.60. The van der Waals surface area contributed by atoms with Gasteiger partial charge in [0.05, 0.1) is 28.0 Å². The van der Waals surface area contributed by atoms with Gasteiger partial charge in [0.2, 0.25) is 0 Å². The maximum atomic E-state index is 12.8. The molecule has 0 N–H and O–H groups in total. The monoisotopic (exact) mass is 392 g/mol. The van der Waals surface area contributed by atoms with Crippen molar-refractivity contribution >= 4 is 34.8 Å². The first-order chi connectivity index (χ1) is 11.9. The Balaban J connectivity index is 0.00000109. The van der Waals surface area contributed by atoms with Gasteiger partial charge in [-0.2, -0.15) is 17.3 Å². The van der Waals surface area contributed by atoms with Crippen molar-refractivity contribution in [2.24, 2.45) is 0 Å². The van der Waals surface area contributed by atoms with E-state index in [1.165, 1.54) is 18.3 Å². The largest absolute Gasteiger partial charge is 0.417 e. The standard InChI is InChI=1S/C13H7ClF4N4S.C2H6/c14-11-5-12-7(3-10(11)13(15,16)17)1-2-8(19-12)4-9-6-22(23-18)21-20-9;1-2/h1-3,5-6H,4H2;1-2H3. The molecule has 0 atom stereocenters. The highest BCUT2D eigenvalue weighted by Crippen LogP contribution is 2.36. The molecular formula is C15H13ClF4N4S. The molecule has 0 radical (unpaired) electrons. The summed E-state index contributed by atoms with van der Waals surface area (Å²) in [6.07, 6.45) is -2.85. The van der Waals surface area contributed by atoms with Gasteiger partial charge in [0.25, 0.3) is 0 Å². The van der Waals surface area contributed by atoms with E-state index in [9.17, 15) is 17.1 Å². The lowest BCUT2D eigenvalue weighted by Crippen LogP contribution is -2.06. The first-order valence-electron chi connectivity index (χ1n) is 7.23. The molecule has 4 nitrogen and oxygen atoms in total. The zero-order valence-corrected chi connectivity index (χ0v) is 14.8. The van der Waals surface area contributed by atoms with Crippen LogP contribution in [0.3, 0.4) is 0 Å². The van der Waals surface area contributed by atoms with Crippen LogP contribution in [0.15, 0.2) is 30.5 Å². The zero-order valence-electron chi connectivity index (χ0n) is 13.2. The average molecular weight is 393 g/mol. The average Bonchev–Trinajstić information content (AvgIpc) is 3.02. The van der Waals surface area contributed by atoms with Gasteiger partial charge < -0.3 is 0 Å². The second-order valence-electron chi connectivity index (χ2n) is 4.68. The molecule has 10 heteroatoms. The second kappa shape index (κ2) is 8.01. The Morgan fingerprint density at radius 3 is 2.48 bits per heavy atom. The molecule has 2 aromatic heterocycles. The van der Waals surface area contributed by atoms with Crippen molar-refractivity contribution in [3.05, 3.63) is 52.4 Å². The molecule has 0 fully saturated rings. The zero-order chi connectivity index (χ0) is 18.6. The molecule has 0 saturated carbocycles. The fourth-order valence-electron chi connectivity index (χ4n) is 2.08. The van der Waals surface area contributed by atoms with E-state index in [1.807, 2.05) is 13.8 Å². The van der Waals surface area contributed by atoms with Gasteiger partial charge >= 0.3 is 6.18 Å². The van der Waals surface area contributed by atoms with Crippen molar-refractivity contribution < 1.29 is 17.1 Å². The predicted octanol–water partition coefficient (Wildman–Crippen LogP) is 5.50. The predicted molar refractivity (Wildman–Crippen MR) is 90.0 cm³/mol. The van der Waals surface area contributed by atoms with Gasteiger partial charge in [-0.25, -0.2) is 0 Å². The minimum Gasteiger partial charge on any atom is -0.252 e. The third-order valence-corrected chi connectivity index (χ3v) is 3.73. The van der Waals surface area contributed by atoms with E-state index in [1.54, 1.807) is 6.07 Å². The van der Waals surface area contributed by atoms with Crippen LogP contribution in [0.25, 0.3) is 10.9 Å². The Bertz CT molecular complexity index is 866. The molecule has 2 heterocycles. The molecule has 1 aromatic carbocycles. The third kappa shape index (κ3) is 4.60. The lowest BCUT2D eigenvalue weighted by molar-refractivity contribution is -0.137. The van der Waals surface area contributed by atoms with Crippen molar-refractivity contribution in [1.82, 2.24) is 19.4 Å². The summed E-state index contributed by atoms with van der Waals surface area (Å²) in [5.41, 5.74) is 0.487. The van der Waals surface area contributed by atoms with E-state index in [0.29, 0.717) is 22.3 Å². The topological polar surface area (TPSA) is 43.6 Å². The molecule has 0 aliphatic rings. The molecule has 3 rings (SSSR count). The van der Waals surface area contributed by atoms with Crippen LogP contribution < -0.4 is 0 Å². The molecule has 0 aliphatic carbocycles. The minimum atomic E-state index is -4.52.